The van der Waals surface area contributed by atoms with E-state index in [1.807, 2.05) is 13.8 Å². The summed E-state index contributed by atoms with van der Waals surface area (Å²) in [5.41, 5.74) is -0.331. The summed E-state index contributed by atoms with van der Waals surface area (Å²) in [5.74, 6) is -0.126. The normalized spacial score (nSPS) is 11.3. The number of carbonyl (C=O) groups is 1. The molecule has 0 aliphatic rings. The zero-order chi connectivity index (χ0) is 8.91. The largest absolute Gasteiger partial charge is 0.469 e. The molecule has 0 spiro atoms. The van der Waals surface area contributed by atoms with Crippen LogP contribution >= 0.6 is 15.9 Å². The number of esters is 1. The van der Waals surface area contributed by atoms with Crippen LogP contribution in [0.2, 0.25) is 0 Å². The first-order valence-corrected chi connectivity index (χ1v) is 4.81. The van der Waals surface area contributed by atoms with E-state index in [4.69, 9.17) is 0 Å². The van der Waals surface area contributed by atoms with Gasteiger partial charge in [0.2, 0.25) is 0 Å². The third kappa shape index (κ3) is 3.75. The first-order chi connectivity index (χ1) is 5.04. The number of methoxy groups -OCH3 is 1. The van der Waals surface area contributed by atoms with Crippen LogP contribution in [-0.2, 0) is 9.53 Å². The highest BCUT2D eigenvalue weighted by Gasteiger charge is 2.27. The second kappa shape index (κ2) is 4.75. The molecule has 0 saturated heterocycles. The fourth-order valence-corrected chi connectivity index (χ4v) is 1.17. The summed E-state index contributed by atoms with van der Waals surface area (Å²) in [7, 11) is 1.43. The number of hydrogen-bond donors (Lipinski definition) is 0. The molecule has 0 fully saturated rings. The molecule has 0 atom stereocenters. The predicted molar refractivity (Wildman–Crippen MR) is 48.8 cm³/mol. The number of halogens is 1. The van der Waals surface area contributed by atoms with Gasteiger partial charge >= 0.3 is 5.97 Å². The molecule has 0 rings (SSSR count). The molecule has 66 valence electrons. The second-order valence-electron chi connectivity index (χ2n) is 3.17. The van der Waals surface area contributed by atoms with Crippen molar-refractivity contribution in [1.82, 2.24) is 0 Å². The van der Waals surface area contributed by atoms with Crippen LogP contribution in [-0.4, -0.2) is 18.4 Å². The Morgan fingerprint density at radius 2 is 2.09 bits per heavy atom. The molecule has 0 heterocycles. The minimum absolute atomic E-state index is 0.126. The topological polar surface area (TPSA) is 26.3 Å². The number of alkyl halides is 1. The van der Waals surface area contributed by atoms with Crippen molar-refractivity contribution in [2.75, 3.05) is 12.4 Å². The summed E-state index contributed by atoms with van der Waals surface area (Å²) >= 11 is 3.32. The lowest BCUT2D eigenvalue weighted by molar-refractivity contribution is -0.151. The summed E-state index contributed by atoms with van der Waals surface area (Å²) in [6.07, 6.45) is 1.87. The minimum Gasteiger partial charge on any atom is -0.469 e. The molecule has 0 aromatic carbocycles. The van der Waals surface area contributed by atoms with E-state index >= 15 is 0 Å². The Balaban J connectivity index is 3.88. The van der Waals surface area contributed by atoms with Gasteiger partial charge in [0.1, 0.15) is 0 Å². The molecular weight excluding hydrogens is 208 g/mol. The molecule has 0 N–H and O–H groups in total. The van der Waals surface area contributed by atoms with E-state index in [0.717, 1.165) is 18.2 Å². The van der Waals surface area contributed by atoms with Crippen LogP contribution in [0, 0.1) is 5.41 Å². The molecule has 0 aromatic rings. The molecule has 0 unspecified atom stereocenters. The van der Waals surface area contributed by atoms with Crippen molar-refractivity contribution in [3.05, 3.63) is 0 Å². The lowest BCUT2D eigenvalue weighted by Gasteiger charge is -2.20. The van der Waals surface area contributed by atoms with Gasteiger partial charge in [0.25, 0.3) is 0 Å². The van der Waals surface area contributed by atoms with Crippen molar-refractivity contribution in [3.63, 3.8) is 0 Å². The van der Waals surface area contributed by atoms with Crippen LogP contribution in [0.15, 0.2) is 0 Å². The van der Waals surface area contributed by atoms with Crippen molar-refractivity contribution in [2.24, 2.45) is 5.41 Å². The highest BCUT2D eigenvalue weighted by molar-refractivity contribution is 9.09. The number of rotatable bonds is 4. The molecule has 0 aromatic heterocycles. The van der Waals surface area contributed by atoms with Gasteiger partial charge in [-0.15, -0.1) is 0 Å². The quantitative estimate of drug-likeness (QED) is 0.540. The summed E-state index contributed by atoms with van der Waals surface area (Å²) in [6.45, 7) is 3.81. The van der Waals surface area contributed by atoms with E-state index in [1.165, 1.54) is 7.11 Å². The molecule has 0 radical (unpaired) electrons. The van der Waals surface area contributed by atoms with Gasteiger partial charge in [-0.1, -0.05) is 15.9 Å². The zero-order valence-electron chi connectivity index (χ0n) is 7.32. The van der Waals surface area contributed by atoms with Gasteiger partial charge in [-0.05, 0) is 26.7 Å². The highest BCUT2D eigenvalue weighted by Crippen LogP contribution is 2.23. The zero-order valence-corrected chi connectivity index (χ0v) is 8.90. The third-order valence-corrected chi connectivity index (χ3v) is 2.23. The van der Waals surface area contributed by atoms with E-state index in [-0.39, 0.29) is 11.4 Å². The van der Waals surface area contributed by atoms with Crippen molar-refractivity contribution < 1.29 is 9.53 Å². The van der Waals surface area contributed by atoms with E-state index < -0.39 is 0 Å². The van der Waals surface area contributed by atoms with E-state index in [1.54, 1.807) is 0 Å². The van der Waals surface area contributed by atoms with Gasteiger partial charge in [0.05, 0.1) is 12.5 Å². The summed E-state index contributed by atoms with van der Waals surface area (Å²) in [6, 6.07) is 0. The SMILES string of the molecule is COC(=O)C(C)(C)CCCBr. The van der Waals surface area contributed by atoms with Crippen LogP contribution in [0.3, 0.4) is 0 Å². The summed E-state index contributed by atoms with van der Waals surface area (Å²) in [4.78, 5) is 11.1. The van der Waals surface area contributed by atoms with Crippen molar-refractivity contribution in [2.45, 2.75) is 26.7 Å². The molecule has 0 aliphatic heterocycles. The van der Waals surface area contributed by atoms with Crippen molar-refractivity contribution in [3.8, 4) is 0 Å². The standard InChI is InChI=1S/C8H15BrO2/c1-8(2,5-4-6-9)7(10)11-3/h4-6H2,1-3H3. The van der Waals surface area contributed by atoms with Crippen LogP contribution in [0.4, 0.5) is 0 Å². The van der Waals surface area contributed by atoms with Crippen molar-refractivity contribution >= 4 is 21.9 Å². The van der Waals surface area contributed by atoms with Crippen LogP contribution in [0.25, 0.3) is 0 Å². The molecule has 0 aliphatic carbocycles. The predicted octanol–water partition coefficient (Wildman–Crippen LogP) is 2.36. The molecule has 0 bridgehead atoms. The van der Waals surface area contributed by atoms with Crippen LogP contribution in [0.5, 0.6) is 0 Å². The van der Waals surface area contributed by atoms with Crippen LogP contribution < -0.4 is 0 Å². The van der Waals surface area contributed by atoms with E-state index in [0.29, 0.717) is 0 Å². The molecule has 0 saturated carbocycles. The first-order valence-electron chi connectivity index (χ1n) is 3.69. The molecule has 0 amide bonds. The Morgan fingerprint density at radius 3 is 2.45 bits per heavy atom. The van der Waals surface area contributed by atoms with Gasteiger partial charge in [-0.25, -0.2) is 0 Å². The minimum atomic E-state index is -0.331. The van der Waals surface area contributed by atoms with Crippen LogP contribution in [0.1, 0.15) is 26.7 Å². The Morgan fingerprint density at radius 1 is 1.55 bits per heavy atom. The average molecular weight is 223 g/mol. The van der Waals surface area contributed by atoms with Gasteiger partial charge in [0.15, 0.2) is 0 Å². The lowest BCUT2D eigenvalue weighted by atomic mass is 9.88. The van der Waals surface area contributed by atoms with Gasteiger partial charge < -0.3 is 4.74 Å². The van der Waals surface area contributed by atoms with E-state index in [2.05, 4.69) is 20.7 Å². The second-order valence-corrected chi connectivity index (χ2v) is 3.96. The van der Waals surface area contributed by atoms with E-state index in [9.17, 15) is 4.79 Å². The maximum absolute atomic E-state index is 11.1. The molecule has 3 heteroatoms. The number of carbonyl (C=O) groups excluding carboxylic acids is 1. The third-order valence-electron chi connectivity index (χ3n) is 1.67. The first kappa shape index (κ1) is 11.0. The lowest BCUT2D eigenvalue weighted by Crippen LogP contribution is -2.25. The highest BCUT2D eigenvalue weighted by atomic mass is 79.9. The van der Waals surface area contributed by atoms with Gasteiger partial charge in [-0.2, -0.15) is 0 Å². The molecule has 11 heavy (non-hydrogen) atoms. The fraction of sp³-hybridized carbons (Fsp3) is 0.875. The van der Waals surface area contributed by atoms with Crippen molar-refractivity contribution in [1.29, 1.82) is 0 Å². The Hall–Kier alpha value is -0.0500. The maximum atomic E-state index is 11.1. The monoisotopic (exact) mass is 222 g/mol. The number of hydrogen-bond acceptors (Lipinski definition) is 2. The Kier molecular flexibility index (Phi) is 4.73. The molecule has 2 nitrogen and oxygen atoms in total. The molecular formula is C8H15BrO2. The maximum Gasteiger partial charge on any atom is 0.311 e. The van der Waals surface area contributed by atoms with Gasteiger partial charge in [0, 0.05) is 5.33 Å². The number of ether oxygens (including phenoxy) is 1. The summed E-state index contributed by atoms with van der Waals surface area (Å²) in [5, 5.41) is 0.938. The fourth-order valence-electron chi connectivity index (χ4n) is 0.887. The summed E-state index contributed by atoms with van der Waals surface area (Å²) < 4.78 is 4.66. The Bertz CT molecular complexity index is 132. The Labute approximate surface area is 76.4 Å². The smallest absolute Gasteiger partial charge is 0.311 e. The average Bonchev–Trinajstić information content (AvgIpc) is 1.99. The van der Waals surface area contributed by atoms with Gasteiger partial charge in [-0.3, -0.25) is 4.79 Å².